The van der Waals surface area contributed by atoms with Crippen molar-refractivity contribution in [2.75, 3.05) is 0 Å². The fourth-order valence-corrected chi connectivity index (χ4v) is 5.41. The van der Waals surface area contributed by atoms with Crippen molar-refractivity contribution in [2.24, 2.45) is 10.8 Å². The van der Waals surface area contributed by atoms with E-state index in [4.69, 9.17) is 0 Å². The highest BCUT2D eigenvalue weighted by Gasteiger charge is 2.69. The Morgan fingerprint density at radius 3 is 1.84 bits per heavy atom. The lowest BCUT2D eigenvalue weighted by atomic mass is 9.54. The zero-order chi connectivity index (χ0) is 24.1. The second-order valence-corrected chi connectivity index (χ2v) is 10.5. The van der Waals surface area contributed by atoms with Gasteiger partial charge in [0, 0.05) is 11.0 Å². The third-order valence-electron chi connectivity index (χ3n) is 8.58. The number of nitro benzene ring substituents is 1. The van der Waals surface area contributed by atoms with Crippen molar-refractivity contribution in [3.8, 4) is 0 Å². The van der Waals surface area contributed by atoms with Crippen molar-refractivity contribution in [2.45, 2.75) is 80.3 Å². The topological polar surface area (TPSA) is 110 Å². The van der Waals surface area contributed by atoms with Gasteiger partial charge in [0.05, 0.1) is 27.0 Å². The molecule has 1 aromatic rings. The van der Waals surface area contributed by atoms with Gasteiger partial charge in [0.25, 0.3) is 17.5 Å². The Labute approximate surface area is 182 Å². The van der Waals surface area contributed by atoms with Gasteiger partial charge in [0.2, 0.25) is 5.91 Å². The maximum absolute atomic E-state index is 13.9. The number of nitrogens with zero attached hydrogens (tertiary/aromatic N) is 2. The van der Waals surface area contributed by atoms with E-state index in [1.54, 1.807) is 69.2 Å². The van der Waals surface area contributed by atoms with Crippen LogP contribution >= 0.6 is 0 Å². The Morgan fingerprint density at radius 2 is 1.35 bits per heavy atom. The summed E-state index contributed by atoms with van der Waals surface area (Å²) in [5.41, 5.74) is -2.17. The van der Waals surface area contributed by atoms with Gasteiger partial charge >= 0.3 is 0 Å². The molecule has 1 atom stereocenters. The van der Waals surface area contributed by atoms with Gasteiger partial charge in [0.15, 0.2) is 0 Å². The number of hydrogen-bond acceptors (Lipinski definition) is 5. The van der Waals surface area contributed by atoms with Crippen LogP contribution in [-0.2, 0) is 15.1 Å². The zero-order valence-electron chi connectivity index (χ0n) is 19.9. The quantitative estimate of drug-likeness (QED) is 0.438. The van der Waals surface area contributed by atoms with Gasteiger partial charge in [0.1, 0.15) is 5.54 Å². The van der Waals surface area contributed by atoms with Crippen LogP contribution in [0.25, 0.3) is 0 Å². The second-order valence-electron chi connectivity index (χ2n) is 10.5. The van der Waals surface area contributed by atoms with E-state index in [0.29, 0.717) is 22.3 Å². The van der Waals surface area contributed by atoms with Crippen LogP contribution in [0, 0.1) is 41.7 Å². The summed E-state index contributed by atoms with van der Waals surface area (Å²) in [6, 6.07) is 0. The lowest BCUT2D eigenvalue weighted by molar-refractivity contribution is -0.386. The molecule has 1 fully saturated rings. The number of nitrogens with one attached hydrogen (secondary N) is 1. The van der Waals surface area contributed by atoms with Gasteiger partial charge in [-0.15, -0.1) is 0 Å². The number of fused-ring (bicyclic) bond motifs is 1. The third kappa shape index (κ3) is 2.39. The Morgan fingerprint density at radius 1 is 0.839 bits per heavy atom. The molecule has 2 aliphatic heterocycles. The smallest absolute Gasteiger partial charge is 0.278 e. The number of piperidine rings is 1. The molecule has 2 heterocycles. The van der Waals surface area contributed by atoms with Crippen molar-refractivity contribution in [1.29, 1.82) is 0 Å². The molecule has 0 radical (unpaired) electrons. The summed E-state index contributed by atoms with van der Waals surface area (Å²) in [7, 11) is 0. The molecule has 3 amide bonds. The van der Waals surface area contributed by atoms with Gasteiger partial charge in [-0.05, 0) is 52.7 Å². The molecule has 168 valence electrons. The molecule has 3 rings (SSSR count). The largest absolute Gasteiger partial charge is 0.314 e. The molecular formula is C23H31N3O5. The van der Waals surface area contributed by atoms with Gasteiger partial charge in [-0.3, -0.25) is 29.8 Å². The highest BCUT2D eigenvalue weighted by molar-refractivity contribution is 6.11. The molecule has 1 N–H and O–H groups in total. The number of nitro groups is 1. The Kier molecular flexibility index (Phi) is 4.54. The summed E-state index contributed by atoms with van der Waals surface area (Å²) in [5, 5.41) is 14.5. The number of amides is 3. The molecule has 1 unspecified atom stereocenters. The first-order valence-electron chi connectivity index (χ1n) is 10.4. The summed E-state index contributed by atoms with van der Waals surface area (Å²) in [5.74, 6) is -1.42. The van der Waals surface area contributed by atoms with Crippen LogP contribution in [0.2, 0.25) is 0 Å². The predicted octanol–water partition coefficient (Wildman–Crippen LogP) is 3.68. The van der Waals surface area contributed by atoms with E-state index in [1.807, 2.05) is 0 Å². The van der Waals surface area contributed by atoms with Crippen LogP contribution < -0.4 is 5.32 Å². The van der Waals surface area contributed by atoms with Gasteiger partial charge in [-0.2, -0.15) is 0 Å². The third-order valence-corrected chi connectivity index (χ3v) is 8.58. The van der Waals surface area contributed by atoms with Crippen LogP contribution in [-0.4, -0.2) is 33.1 Å². The van der Waals surface area contributed by atoms with E-state index in [1.165, 1.54) is 4.90 Å². The summed E-state index contributed by atoms with van der Waals surface area (Å²) in [6.07, 6.45) is 0. The Hall–Kier alpha value is -2.77. The maximum Gasteiger partial charge on any atom is 0.278 e. The summed E-state index contributed by atoms with van der Waals surface area (Å²) < 4.78 is 0. The van der Waals surface area contributed by atoms with E-state index in [2.05, 4.69) is 5.32 Å². The first-order chi connectivity index (χ1) is 13.9. The first kappa shape index (κ1) is 22.9. The molecular weight excluding hydrogens is 398 g/mol. The number of hydrogen-bond donors (Lipinski definition) is 1. The van der Waals surface area contributed by atoms with Gasteiger partial charge < -0.3 is 4.90 Å². The molecule has 8 heteroatoms. The van der Waals surface area contributed by atoms with Crippen LogP contribution in [0.1, 0.15) is 81.1 Å². The second kappa shape index (κ2) is 6.14. The van der Waals surface area contributed by atoms with Crippen molar-refractivity contribution in [3.63, 3.8) is 0 Å². The molecule has 0 saturated carbocycles. The Bertz CT molecular complexity index is 1080. The van der Waals surface area contributed by atoms with Crippen molar-refractivity contribution >= 4 is 23.4 Å². The minimum Gasteiger partial charge on any atom is -0.314 e. The van der Waals surface area contributed by atoms with Crippen LogP contribution in [0.4, 0.5) is 5.69 Å². The zero-order valence-corrected chi connectivity index (χ0v) is 19.9. The summed E-state index contributed by atoms with van der Waals surface area (Å²) in [4.78, 5) is 53.1. The molecule has 0 bridgehead atoms. The molecule has 8 nitrogen and oxygen atoms in total. The van der Waals surface area contributed by atoms with Crippen molar-refractivity contribution < 1.29 is 19.3 Å². The SMILES string of the molecule is Cc1c(C)c2c(c([N+](=O)[O-])c1C)C(C)(C)N(C1(C)C(=O)NC(=O)C(C)(C)C1(C)C)C2=O. The fraction of sp³-hybridized carbons (Fsp3) is 0.609. The molecule has 0 spiro atoms. The maximum atomic E-state index is 13.9. The minimum absolute atomic E-state index is 0.0908. The average molecular weight is 430 g/mol. The standard InChI is InChI=1S/C23H31N3O5/c1-11-12(2)14-15(16(13(11)3)26(30)31)21(6,7)25(17(14)27)23(10)19(29)24-18(28)20(4,5)22(23,8)9/h1-10H3,(H,24,28,29). The number of imide groups is 1. The van der Waals surface area contributed by atoms with Crippen LogP contribution in [0.15, 0.2) is 0 Å². The van der Waals surface area contributed by atoms with E-state index in [-0.39, 0.29) is 11.3 Å². The van der Waals surface area contributed by atoms with E-state index >= 15 is 0 Å². The van der Waals surface area contributed by atoms with Crippen molar-refractivity contribution in [1.82, 2.24) is 10.2 Å². The average Bonchev–Trinajstić information content (AvgIpc) is 2.83. The van der Waals surface area contributed by atoms with Gasteiger partial charge in [-0.25, -0.2) is 0 Å². The number of carbonyl (C=O) groups excluding carboxylic acids is 3. The highest BCUT2D eigenvalue weighted by Crippen LogP contribution is 2.58. The fourth-order valence-electron chi connectivity index (χ4n) is 5.41. The van der Waals surface area contributed by atoms with Crippen molar-refractivity contribution in [3.05, 3.63) is 37.9 Å². The molecule has 1 aromatic carbocycles. The van der Waals surface area contributed by atoms with Gasteiger partial charge in [-0.1, -0.05) is 27.7 Å². The number of carbonyl (C=O) groups is 3. The van der Waals surface area contributed by atoms with E-state index in [9.17, 15) is 24.5 Å². The summed E-state index contributed by atoms with van der Waals surface area (Å²) >= 11 is 0. The lowest BCUT2D eigenvalue weighted by Crippen LogP contribution is -2.77. The van der Waals surface area contributed by atoms with E-state index < -0.39 is 44.6 Å². The Balaban J connectivity index is 2.42. The summed E-state index contributed by atoms with van der Waals surface area (Å²) in [6.45, 7) is 17.4. The molecule has 1 saturated heterocycles. The normalized spacial score (nSPS) is 26.0. The minimum atomic E-state index is -1.44. The van der Waals surface area contributed by atoms with Crippen LogP contribution in [0.5, 0.6) is 0 Å². The molecule has 31 heavy (non-hydrogen) atoms. The monoisotopic (exact) mass is 429 g/mol. The lowest BCUT2D eigenvalue weighted by Gasteiger charge is -2.60. The molecule has 2 aliphatic rings. The number of benzene rings is 1. The highest BCUT2D eigenvalue weighted by atomic mass is 16.6. The molecule has 0 aromatic heterocycles. The molecule has 0 aliphatic carbocycles. The first-order valence-corrected chi connectivity index (χ1v) is 10.4. The predicted molar refractivity (Wildman–Crippen MR) is 116 cm³/mol. The van der Waals surface area contributed by atoms with E-state index in [0.717, 1.165) is 0 Å². The van der Waals surface area contributed by atoms with Crippen LogP contribution in [0.3, 0.4) is 0 Å². The number of rotatable bonds is 2.